The Morgan fingerprint density at radius 1 is 1.14 bits per heavy atom. The van der Waals surface area contributed by atoms with Gasteiger partial charge in [0.05, 0.1) is 5.69 Å². The van der Waals surface area contributed by atoms with Gasteiger partial charge in [-0.25, -0.2) is 4.79 Å². The first-order valence-corrected chi connectivity index (χ1v) is 8.39. The van der Waals surface area contributed by atoms with E-state index in [9.17, 15) is 4.79 Å². The first-order valence-electron chi connectivity index (χ1n) is 7.57. The van der Waals surface area contributed by atoms with Crippen LogP contribution in [0, 0.1) is 6.92 Å². The van der Waals surface area contributed by atoms with E-state index in [4.69, 9.17) is 0 Å². The second-order valence-corrected chi connectivity index (χ2v) is 7.63. The number of nitrogens with one attached hydrogen (secondary N) is 2. The van der Waals surface area contributed by atoms with Crippen LogP contribution in [0.5, 0.6) is 0 Å². The van der Waals surface area contributed by atoms with E-state index in [1.165, 1.54) is 15.3 Å². The highest BCUT2D eigenvalue weighted by Crippen LogP contribution is 2.35. The molecule has 2 rings (SSSR count). The van der Waals surface area contributed by atoms with Crippen LogP contribution in [0.1, 0.15) is 43.0 Å². The largest absolute Gasteiger partial charge is 0.323 e. The predicted octanol–water partition coefficient (Wildman–Crippen LogP) is 5.56. The summed E-state index contributed by atoms with van der Waals surface area (Å²) in [5.74, 6) is 0. The molecule has 0 fully saturated rings. The molecule has 0 radical (unpaired) electrons. The average molecular weight is 316 g/mol. The van der Waals surface area contributed by atoms with Gasteiger partial charge in [-0.2, -0.15) is 0 Å². The third-order valence-corrected chi connectivity index (χ3v) is 5.13. The second kappa shape index (κ2) is 6.53. The van der Waals surface area contributed by atoms with Crippen molar-refractivity contribution in [2.24, 2.45) is 0 Å². The zero-order valence-electron chi connectivity index (χ0n) is 13.9. The van der Waals surface area contributed by atoms with Gasteiger partial charge < -0.3 is 10.6 Å². The lowest BCUT2D eigenvalue weighted by molar-refractivity contribution is 0.262. The van der Waals surface area contributed by atoms with Gasteiger partial charge in [-0.3, -0.25) is 0 Å². The molecule has 0 aliphatic heterocycles. The Labute approximate surface area is 136 Å². The van der Waals surface area contributed by atoms with Crippen molar-refractivity contribution in [3.05, 3.63) is 45.6 Å². The van der Waals surface area contributed by atoms with Crippen LogP contribution in [0.15, 0.2) is 30.3 Å². The lowest BCUT2D eigenvalue weighted by Crippen LogP contribution is -2.19. The Morgan fingerprint density at radius 2 is 1.77 bits per heavy atom. The highest BCUT2D eigenvalue weighted by Gasteiger charge is 2.19. The van der Waals surface area contributed by atoms with Crippen molar-refractivity contribution in [3.63, 3.8) is 0 Å². The normalized spacial score (nSPS) is 11.3. The summed E-state index contributed by atoms with van der Waals surface area (Å²) in [6.45, 7) is 10.7. The molecule has 1 heterocycles. The summed E-state index contributed by atoms with van der Waals surface area (Å²) in [7, 11) is 0. The van der Waals surface area contributed by atoms with E-state index in [2.05, 4.69) is 44.4 Å². The minimum atomic E-state index is -0.197. The highest BCUT2D eigenvalue weighted by molar-refractivity contribution is 7.12. The zero-order valence-corrected chi connectivity index (χ0v) is 14.7. The van der Waals surface area contributed by atoms with Gasteiger partial charge >= 0.3 is 6.03 Å². The van der Waals surface area contributed by atoms with Crippen LogP contribution in [0.2, 0.25) is 0 Å². The number of aryl methyl sites for hydroxylation is 2. The summed E-state index contributed by atoms with van der Waals surface area (Å²) in [5.41, 5.74) is 2.99. The number of benzene rings is 1. The van der Waals surface area contributed by atoms with Crippen molar-refractivity contribution < 1.29 is 4.79 Å². The molecule has 2 aromatic rings. The van der Waals surface area contributed by atoms with Crippen LogP contribution < -0.4 is 10.6 Å². The van der Waals surface area contributed by atoms with Crippen LogP contribution in [0.25, 0.3) is 0 Å². The molecule has 0 aliphatic rings. The van der Waals surface area contributed by atoms with Crippen molar-refractivity contribution in [2.75, 3.05) is 10.6 Å². The van der Waals surface area contributed by atoms with Gasteiger partial charge in [0.2, 0.25) is 0 Å². The number of hydrogen-bond donors (Lipinski definition) is 2. The molecule has 3 nitrogen and oxygen atoms in total. The first-order chi connectivity index (χ1) is 10.3. The average Bonchev–Trinajstić information content (AvgIpc) is 2.84. The monoisotopic (exact) mass is 316 g/mol. The molecule has 2 amide bonds. The fourth-order valence-corrected chi connectivity index (χ4v) is 3.20. The van der Waals surface area contributed by atoms with Gasteiger partial charge in [0, 0.05) is 15.4 Å². The van der Waals surface area contributed by atoms with Crippen molar-refractivity contribution in [1.82, 2.24) is 0 Å². The summed E-state index contributed by atoms with van der Waals surface area (Å²) >= 11 is 1.77. The third kappa shape index (κ3) is 4.10. The standard InChI is InChI=1S/C18H24N2OS/c1-6-15-14(11-16(22-15)18(3,4)5)20-17(21)19-13-9-7-12(2)8-10-13/h7-11H,6H2,1-5H3,(H2,19,20,21). The van der Waals surface area contributed by atoms with Gasteiger partial charge in [-0.05, 0) is 37.0 Å². The lowest BCUT2D eigenvalue weighted by Gasteiger charge is -2.15. The van der Waals surface area contributed by atoms with Crippen LogP contribution in [-0.2, 0) is 11.8 Å². The fourth-order valence-electron chi connectivity index (χ4n) is 2.09. The number of hydrogen-bond acceptors (Lipinski definition) is 2. The Morgan fingerprint density at radius 3 is 2.32 bits per heavy atom. The number of rotatable bonds is 3. The maximum absolute atomic E-state index is 12.2. The highest BCUT2D eigenvalue weighted by atomic mass is 32.1. The topological polar surface area (TPSA) is 41.1 Å². The Bertz CT molecular complexity index is 651. The van der Waals surface area contributed by atoms with E-state index in [-0.39, 0.29) is 11.4 Å². The summed E-state index contributed by atoms with van der Waals surface area (Å²) in [4.78, 5) is 14.7. The van der Waals surface area contributed by atoms with E-state index in [0.717, 1.165) is 17.8 Å². The number of amides is 2. The molecule has 0 aliphatic carbocycles. The van der Waals surface area contributed by atoms with Crippen molar-refractivity contribution in [3.8, 4) is 0 Å². The SMILES string of the molecule is CCc1sc(C(C)(C)C)cc1NC(=O)Nc1ccc(C)cc1. The van der Waals surface area contributed by atoms with Crippen molar-refractivity contribution in [1.29, 1.82) is 0 Å². The molecule has 0 bridgehead atoms. The predicted molar refractivity (Wildman–Crippen MR) is 96.2 cm³/mol. The molecule has 0 saturated heterocycles. The minimum absolute atomic E-state index is 0.0992. The number of thiophene rings is 1. The van der Waals surface area contributed by atoms with E-state index in [1.54, 1.807) is 11.3 Å². The van der Waals surface area contributed by atoms with Crippen LogP contribution in [-0.4, -0.2) is 6.03 Å². The summed E-state index contributed by atoms with van der Waals surface area (Å²) in [6.07, 6.45) is 0.918. The molecule has 0 atom stereocenters. The quantitative estimate of drug-likeness (QED) is 0.764. The van der Waals surface area contributed by atoms with Gasteiger partial charge in [0.25, 0.3) is 0 Å². The third-order valence-electron chi connectivity index (χ3n) is 3.43. The molecular formula is C18H24N2OS. The van der Waals surface area contributed by atoms with Crippen molar-refractivity contribution >= 4 is 28.7 Å². The number of carbonyl (C=O) groups is 1. The van der Waals surface area contributed by atoms with Gasteiger partial charge in [-0.15, -0.1) is 11.3 Å². The fraction of sp³-hybridized carbons (Fsp3) is 0.389. The summed E-state index contributed by atoms with van der Waals surface area (Å²) in [5, 5.41) is 5.85. The number of carbonyl (C=O) groups excluding carboxylic acids is 1. The van der Waals surface area contributed by atoms with E-state index in [1.807, 2.05) is 31.2 Å². The van der Waals surface area contributed by atoms with Crippen molar-refractivity contribution in [2.45, 2.75) is 46.5 Å². The molecule has 118 valence electrons. The Kier molecular flexibility index (Phi) is 4.91. The molecule has 0 spiro atoms. The number of anilines is 2. The summed E-state index contributed by atoms with van der Waals surface area (Å²) < 4.78 is 0. The molecule has 0 saturated carbocycles. The second-order valence-electron chi connectivity index (χ2n) is 6.50. The summed E-state index contributed by atoms with van der Waals surface area (Å²) in [6, 6.07) is 9.67. The molecule has 1 aromatic carbocycles. The molecular weight excluding hydrogens is 292 g/mol. The maximum Gasteiger partial charge on any atom is 0.323 e. The molecule has 1 aromatic heterocycles. The van der Waals surface area contributed by atoms with Crippen LogP contribution >= 0.6 is 11.3 Å². The lowest BCUT2D eigenvalue weighted by atomic mass is 9.94. The minimum Gasteiger partial charge on any atom is -0.308 e. The Balaban J connectivity index is 2.11. The molecule has 2 N–H and O–H groups in total. The first kappa shape index (κ1) is 16.6. The molecule has 22 heavy (non-hydrogen) atoms. The van der Waals surface area contributed by atoms with Gasteiger partial charge in [0.15, 0.2) is 0 Å². The smallest absolute Gasteiger partial charge is 0.308 e. The van der Waals surface area contributed by atoms with Crippen LogP contribution in [0.4, 0.5) is 16.2 Å². The molecule has 4 heteroatoms. The number of urea groups is 1. The molecule has 0 unspecified atom stereocenters. The van der Waals surface area contributed by atoms with E-state index in [0.29, 0.717) is 0 Å². The van der Waals surface area contributed by atoms with E-state index >= 15 is 0 Å². The van der Waals surface area contributed by atoms with Gasteiger partial charge in [0.1, 0.15) is 0 Å². The Hall–Kier alpha value is -1.81. The van der Waals surface area contributed by atoms with Gasteiger partial charge in [-0.1, -0.05) is 45.4 Å². The van der Waals surface area contributed by atoms with E-state index < -0.39 is 0 Å². The zero-order chi connectivity index (χ0) is 16.3. The van der Waals surface area contributed by atoms with Crippen LogP contribution in [0.3, 0.4) is 0 Å². The maximum atomic E-state index is 12.2.